The van der Waals surface area contributed by atoms with Gasteiger partial charge in [-0.05, 0) is 88.9 Å². The van der Waals surface area contributed by atoms with Gasteiger partial charge in [-0.3, -0.25) is 0 Å². The Morgan fingerprint density at radius 3 is 2.50 bits per heavy atom. The van der Waals surface area contributed by atoms with Crippen molar-refractivity contribution in [3.05, 3.63) is 48.5 Å². The molecule has 0 bridgehead atoms. The van der Waals surface area contributed by atoms with Gasteiger partial charge in [0, 0.05) is 42.3 Å². The van der Waals surface area contributed by atoms with Gasteiger partial charge in [0.15, 0.2) is 0 Å². The van der Waals surface area contributed by atoms with E-state index in [1.807, 2.05) is 31.3 Å². The van der Waals surface area contributed by atoms with Crippen LogP contribution in [0.4, 0.5) is 5.69 Å². The van der Waals surface area contributed by atoms with E-state index in [4.69, 9.17) is 14.5 Å². The first kappa shape index (κ1) is 24.3. The molecule has 1 fully saturated rings. The van der Waals surface area contributed by atoms with Crippen LogP contribution in [0.2, 0.25) is 0 Å². The summed E-state index contributed by atoms with van der Waals surface area (Å²) in [6.45, 7) is 5.99. The highest BCUT2D eigenvalue weighted by Gasteiger charge is 2.16. The summed E-state index contributed by atoms with van der Waals surface area (Å²) in [5, 5.41) is 4.33. The van der Waals surface area contributed by atoms with Crippen LogP contribution >= 0.6 is 0 Å². The van der Waals surface area contributed by atoms with Crippen LogP contribution in [0.25, 0.3) is 22.2 Å². The molecule has 3 aromatic rings. The number of hydrogen-bond acceptors (Lipinski definition) is 6. The average molecular weight is 463 g/mol. The van der Waals surface area contributed by atoms with E-state index in [0.29, 0.717) is 6.61 Å². The Hall–Kier alpha value is -2.83. The summed E-state index contributed by atoms with van der Waals surface area (Å²) in [5.41, 5.74) is 4.29. The largest absolute Gasteiger partial charge is 0.497 e. The lowest BCUT2D eigenvalue weighted by Gasteiger charge is -2.28. The molecule has 0 spiro atoms. The Morgan fingerprint density at radius 2 is 1.71 bits per heavy atom. The SMILES string of the molecule is CNCCCOc1ccc(-c2cc(N3CCCCCN(C)CC3)c3ccc(OC)cc3n2)cc1. The molecular weight excluding hydrogens is 424 g/mol. The maximum Gasteiger partial charge on any atom is 0.121 e. The molecule has 0 saturated carbocycles. The number of aromatic nitrogens is 1. The molecular formula is C28H38N4O2. The Bertz CT molecular complexity index is 1050. The van der Waals surface area contributed by atoms with Gasteiger partial charge in [-0.15, -0.1) is 0 Å². The molecule has 0 radical (unpaired) electrons. The van der Waals surface area contributed by atoms with E-state index >= 15 is 0 Å². The first-order chi connectivity index (χ1) is 16.7. The van der Waals surface area contributed by atoms with Crippen molar-refractivity contribution in [3.8, 4) is 22.8 Å². The Labute approximate surface area is 203 Å². The number of likely N-dealkylation sites (N-methyl/N-ethyl adjacent to an activating group) is 1. The van der Waals surface area contributed by atoms with Gasteiger partial charge in [-0.1, -0.05) is 6.42 Å². The van der Waals surface area contributed by atoms with Crippen LogP contribution in [0, 0.1) is 0 Å². The number of rotatable bonds is 8. The summed E-state index contributed by atoms with van der Waals surface area (Å²) in [4.78, 5) is 10.0. The van der Waals surface area contributed by atoms with Crippen molar-refractivity contribution in [2.24, 2.45) is 0 Å². The highest BCUT2D eigenvalue weighted by Crippen LogP contribution is 2.34. The van der Waals surface area contributed by atoms with Crippen LogP contribution in [0.3, 0.4) is 0 Å². The molecule has 1 aliphatic heterocycles. The van der Waals surface area contributed by atoms with Gasteiger partial charge < -0.3 is 24.6 Å². The van der Waals surface area contributed by atoms with Crippen LogP contribution in [0.1, 0.15) is 25.7 Å². The Morgan fingerprint density at radius 1 is 0.912 bits per heavy atom. The van der Waals surface area contributed by atoms with Gasteiger partial charge in [-0.25, -0.2) is 4.98 Å². The molecule has 1 N–H and O–H groups in total. The maximum atomic E-state index is 5.88. The highest BCUT2D eigenvalue weighted by molar-refractivity contribution is 5.95. The van der Waals surface area contributed by atoms with E-state index in [1.54, 1.807) is 7.11 Å². The van der Waals surface area contributed by atoms with Gasteiger partial charge in [-0.2, -0.15) is 0 Å². The lowest BCUT2D eigenvalue weighted by Crippen LogP contribution is -2.33. The van der Waals surface area contributed by atoms with Crippen molar-refractivity contribution in [1.82, 2.24) is 15.2 Å². The number of ether oxygens (including phenoxy) is 2. The van der Waals surface area contributed by atoms with Crippen LogP contribution < -0.4 is 19.7 Å². The van der Waals surface area contributed by atoms with E-state index < -0.39 is 0 Å². The number of fused-ring (bicyclic) bond motifs is 1. The first-order valence-electron chi connectivity index (χ1n) is 12.5. The van der Waals surface area contributed by atoms with Crippen LogP contribution in [-0.2, 0) is 0 Å². The molecule has 4 rings (SSSR count). The smallest absolute Gasteiger partial charge is 0.121 e. The summed E-state index contributed by atoms with van der Waals surface area (Å²) >= 11 is 0. The van der Waals surface area contributed by atoms with Crippen molar-refractivity contribution in [2.75, 3.05) is 65.4 Å². The van der Waals surface area contributed by atoms with Crippen molar-refractivity contribution in [2.45, 2.75) is 25.7 Å². The number of benzene rings is 2. The zero-order chi connectivity index (χ0) is 23.8. The number of anilines is 1. The predicted octanol–water partition coefficient (Wildman–Crippen LogP) is 4.82. The standard InChI is InChI=1S/C28H38N4O2/c1-29-14-7-19-34-23-10-8-22(9-11-23)26-21-28(25-13-12-24(33-3)20-27(25)30-26)32-16-6-4-5-15-31(2)17-18-32/h8-13,20-21,29H,4-7,14-19H2,1-3H3. The molecule has 1 aliphatic rings. The third-order valence-electron chi connectivity index (χ3n) is 6.55. The molecule has 1 saturated heterocycles. The van der Waals surface area contributed by atoms with Gasteiger partial charge >= 0.3 is 0 Å². The first-order valence-corrected chi connectivity index (χ1v) is 12.5. The number of hydrogen-bond donors (Lipinski definition) is 1. The maximum absolute atomic E-state index is 5.88. The lowest BCUT2D eigenvalue weighted by atomic mass is 10.1. The molecule has 0 amide bonds. The predicted molar refractivity (Wildman–Crippen MR) is 141 cm³/mol. The third kappa shape index (κ3) is 6.19. The van der Waals surface area contributed by atoms with Crippen molar-refractivity contribution in [3.63, 3.8) is 0 Å². The minimum absolute atomic E-state index is 0.710. The van der Waals surface area contributed by atoms with E-state index in [-0.39, 0.29) is 0 Å². The van der Waals surface area contributed by atoms with Crippen LogP contribution in [0.15, 0.2) is 48.5 Å². The molecule has 2 aromatic carbocycles. The fraction of sp³-hybridized carbons (Fsp3) is 0.464. The van der Waals surface area contributed by atoms with Gasteiger partial charge in [0.2, 0.25) is 0 Å². The average Bonchev–Trinajstić information content (AvgIpc) is 2.98. The summed E-state index contributed by atoms with van der Waals surface area (Å²) in [6.07, 6.45) is 4.73. The van der Waals surface area contributed by atoms with E-state index in [0.717, 1.165) is 60.9 Å². The molecule has 0 unspecified atom stereocenters. The Kier molecular flexibility index (Phi) is 8.61. The quantitative estimate of drug-likeness (QED) is 0.485. The second kappa shape index (κ2) is 12.0. The van der Waals surface area contributed by atoms with Crippen LogP contribution in [-0.4, -0.2) is 70.4 Å². The Balaban J connectivity index is 1.67. The molecule has 0 aliphatic carbocycles. The zero-order valence-corrected chi connectivity index (χ0v) is 20.8. The summed E-state index contributed by atoms with van der Waals surface area (Å²) < 4.78 is 11.4. The number of methoxy groups -OCH3 is 1. The second-order valence-electron chi connectivity index (χ2n) is 9.09. The van der Waals surface area contributed by atoms with Crippen molar-refractivity contribution < 1.29 is 9.47 Å². The summed E-state index contributed by atoms with van der Waals surface area (Å²) in [5.74, 6) is 1.73. The molecule has 6 heteroatoms. The van der Waals surface area contributed by atoms with Crippen molar-refractivity contribution in [1.29, 1.82) is 0 Å². The normalized spacial score (nSPS) is 15.6. The monoisotopic (exact) mass is 462 g/mol. The fourth-order valence-corrected chi connectivity index (χ4v) is 4.50. The number of nitrogens with one attached hydrogen (secondary N) is 1. The molecule has 0 atom stereocenters. The summed E-state index contributed by atoms with van der Waals surface area (Å²) in [6, 6.07) is 16.8. The number of nitrogens with zero attached hydrogens (tertiary/aromatic N) is 3. The fourth-order valence-electron chi connectivity index (χ4n) is 4.50. The molecule has 2 heterocycles. The van der Waals surface area contributed by atoms with Gasteiger partial charge in [0.25, 0.3) is 0 Å². The minimum atomic E-state index is 0.710. The molecule has 34 heavy (non-hydrogen) atoms. The van der Waals surface area contributed by atoms with Gasteiger partial charge in [0.1, 0.15) is 11.5 Å². The van der Waals surface area contributed by atoms with Gasteiger partial charge in [0.05, 0.1) is 24.9 Å². The molecule has 6 nitrogen and oxygen atoms in total. The van der Waals surface area contributed by atoms with Crippen molar-refractivity contribution >= 4 is 16.6 Å². The third-order valence-corrected chi connectivity index (χ3v) is 6.55. The minimum Gasteiger partial charge on any atom is -0.497 e. The molecule has 182 valence electrons. The topological polar surface area (TPSA) is 49.9 Å². The highest BCUT2D eigenvalue weighted by atomic mass is 16.5. The zero-order valence-electron chi connectivity index (χ0n) is 20.8. The van der Waals surface area contributed by atoms with Crippen LogP contribution in [0.5, 0.6) is 11.5 Å². The van der Waals surface area contributed by atoms with E-state index in [9.17, 15) is 0 Å². The van der Waals surface area contributed by atoms with E-state index in [2.05, 4.69) is 46.4 Å². The number of pyridine rings is 1. The molecule has 1 aromatic heterocycles. The second-order valence-corrected chi connectivity index (χ2v) is 9.09. The van der Waals surface area contributed by atoms with E-state index in [1.165, 1.54) is 36.9 Å². The summed E-state index contributed by atoms with van der Waals surface area (Å²) in [7, 11) is 5.90. The lowest BCUT2D eigenvalue weighted by molar-refractivity contribution is 0.310.